The molecule has 3 atom stereocenters. The van der Waals surface area contributed by atoms with Crippen LogP contribution in [-0.2, 0) is 4.74 Å². The van der Waals surface area contributed by atoms with E-state index in [9.17, 15) is 5.11 Å². The summed E-state index contributed by atoms with van der Waals surface area (Å²) in [5.41, 5.74) is 0.167. The van der Waals surface area contributed by atoms with E-state index in [1.807, 2.05) is 11.8 Å². The number of aliphatic hydroxyl groups excluding tert-OH is 1. The number of hydrogen-bond donors (Lipinski definition) is 1. The maximum atomic E-state index is 9.70. The first kappa shape index (κ1) is 14.2. The van der Waals surface area contributed by atoms with E-state index in [0.717, 1.165) is 13.0 Å². The minimum Gasteiger partial charge on any atom is -0.395 e. The van der Waals surface area contributed by atoms with Crippen LogP contribution in [-0.4, -0.2) is 59.0 Å². The molecule has 4 heteroatoms. The summed E-state index contributed by atoms with van der Waals surface area (Å²) in [6.07, 6.45) is 8.67. The molecule has 3 saturated heterocycles. The number of nitrogens with zero attached hydrogens (tertiary/aromatic N) is 1. The van der Waals surface area contributed by atoms with Gasteiger partial charge in [-0.15, -0.1) is 0 Å². The molecular weight excluding hydrogens is 258 g/mol. The molecule has 3 aliphatic heterocycles. The van der Waals surface area contributed by atoms with Gasteiger partial charge >= 0.3 is 0 Å². The van der Waals surface area contributed by atoms with Gasteiger partial charge in [0, 0.05) is 24.4 Å². The van der Waals surface area contributed by atoms with Crippen molar-refractivity contribution in [3.63, 3.8) is 0 Å². The fourth-order valence-corrected chi connectivity index (χ4v) is 5.40. The fraction of sp³-hybridized carbons (Fsp3) is 1.00. The maximum absolute atomic E-state index is 9.70. The van der Waals surface area contributed by atoms with Gasteiger partial charge in [-0.3, -0.25) is 4.90 Å². The minimum absolute atomic E-state index is 0.167. The van der Waals surface area contributed by atoms with Crippen molar-refractivity contribution in [1.29, 1.82) is 0 Å². The molecule has 0 amide bonds. The first-order valence-corrected chi connectivity index (χ1v) is 9.07. The zero-order valence-electron chi connectivity index (χ0n) is 11.9. The van der Waals surface area contributed by atoms with Crippen LogP contribution in [0.25, 0.3) is 0 Å². The second-order valence-electron chi connectivity index (χ2n) is 6.40. The summed E-state index contributed by atoms with van der Waals surface area (Å²) in [4.78, 5) is 2.63. The molecule has 3 aliphatic rings. The zero-order chi connectivity index (χ0) is 13.1. The zero-order valence-corrected chi connectivity index (χ0v) is 12.7. The Kier molecular flexibility index (Phi) is 4.73. The molecule has 1 spiro atoms. The van der Waals surface area contributed by atoms with Crippen LogP contribution in [0.2, 0.25) is 0 Å². The molecule has 3 unspecified atom stereocenters. The van der Waals surface area contributed by atoms with Crippen molar-refractivity contribution in [2.75, 3.05) is 31.3 Å². The Morgan fingerprint density at radius 2 is 2.21 bits per heavy atom. The molecule has 3 nitrogen and oxygen atoms in total. The van der Waals surface area contributed by atoms with Crippen molar-refractivity contribution in [3.05, 3.63) is 0 Å². The summed E-state index contributed by atoms with van der Waals surface area (Å²) >= 11 is 2.05. The van der Waals surface area contributed by atoms with Gasteiger partial charge in [-0.1, -0.05) is 12.8 Å². The molecule has 0 saturated carbocycles. The number of likely N-dealkylation sites (tertiary alicyclic amines) is 1. The second-order valence-corrected chi connectivity index (χ2v) is 7.51. The van der Waals surface area contributed by atoms with E-state index in [1.54, 1.807) is 0 Å². The van der Waals surface area contributed by atoms with E-state index >= 15 is 0 Å². The van der Waals surface area contributed by atoms with Gasteiger partial charge < -0.3 is 9.84 Å². The summed E-state index contributed by atoms with van der Waals surface area (Å²) in [6.45, 7) is 2.43. The molecule has 0 aromatic heterocycles. The van der Waals surface area contributed by atoms with E-state index in [0.29, 0.717) is 18.7 Å². The highest BCUT2D eigenvalue weighted by Crippen LogP contribution is 2.40. The Hall–Kier alpha value is 0.230. The first-order chi connectivity index (χ1) is 9.33. The van der Waals surface area contributed by atoms with Crippen molar-refractivity contribution in [1.82, 2.24) is 4.90 Å². The lowest BCUT2D eigenvalue weighted by molar-refractivity contribution is -0.0974. The van der Waals surface area contributed by atoms with E-state index in [1.165, 1.54) is 56.6 Å². The highest BCUT2D eigenvalue weighted by atomic mass is 32.2. The van der Waals surface area contributed by atoms with E-state index < -0.39 is 0 Å². The van der Waals surface area contributed by atoms with Crippen LogP contribution in [0.5, 0.6) is 0 Å². The molecule has 3 rings (SSSR count). The SMILES string of the molecule is OCC1CCCCCN1C1CCOC2(CCSC2)C1. The van der Waals surface area contributed by atoms with E-state index in [-0.39, 0.29) is 5.60 Å². The van der Waals surface area contributed by atoms with Gasteiger partial charge in [-0.2, -0.15) is 11.8 Å². The lowest BCUT2D eigenvalue weighted by Crippen LogP contribution is -2.52. The van der Waals surface area contributed by atoms with Crippen LogP contribution in [0.4, 0.5) is 0 Å². The van der Waals surface area contributed by atoms with Crippen molar-refractivity contribution in [3.8, 4) is 0 Å². The first-order valence-electron chi connectivity index (χ1n) is 7.91. The summed E-state index contributed by atoms with van der Waals surface area (Å²) in [6, 6.07) is 1.04. The Bertz CT molecular complexity index is 294. The molecule has 0 aliphatic carbocycles. The lowest BCUT2D eigenvalue weighted by atomic mass is 9.88. The molecule has 110 valence electrons. The smallest absolute Gasteiger partial charge is 0.0795 e. The summed E-state index contributed by atoms with van der Waals surface area (Å²) in [5.74, 6) is 2.44. The predicted molar refractivity (Wildman–Crippen MR) is 79.7 cm³/mol. The number of aliphatic hydroxyl groups is 1. The third kappa shape index (κ3) is 3.12. The highest BCUT2D eigenvalue weighted by Gasteiger charge is 2.43. The Balaban J connectivity index is 1.68. The molecular formula is C15H27NO2S. The van der Waals surface area contributed by atoms with Crippen LogP contribution in [0.3, 0.4) is 0 Å². The topological polar surface area (TPSA) is 32.7 Å². The van der Waals surface area contributed by atoms with Gasteiger partial charge in [0.1, 0.15) is 0 Å². The summed E-state index contributed by atoms with van der Waals surface area (Å²) in [5, 5.41) is 9.70. The van der Waals surface area contributed by atoms with Crippen molar-refractivity contribution in [2.45, 2.75) is 62.6 Å². The Morgan fingerprint density at radius 1 is 1.26 bits per heavy atom. The van der Waals surface area contributed by atoms with Gasteiger partial charge in [-0.05, 0) is 44.4 Å². The number of hydrogen-bond acceptors (Lipinski definition) is 4. The van der Waals surface area contributed by atoms with Gasteiger partial charge in [0.15, 0.2) is 0 Å². The van der Waals surface area contributed by atoms with Gasteiger partial charge in [0.05, 0.1) is 12.2 Å². The number of ether oxygens (including phenoxy) is 1. The summed E-state index contributed by atoms with van der Waals surface area (Å²) in [7, 11) is 0. The maximum Gasteiger partial charge on any atom is 0.0795 e. The van der Waals surface area contributed by atoms with Crippen LogP contribution >= 0.6 is 11.8 Å². The van der Waals surface area contributed by atoms with Crippen molar-refractivity contribution >= 4 is 11.8 Å². The summed E-state index contributed by atoms with van der Waals surface area (Å²) < 4.78 is 6.14. The monoisotopic (exact) mass is 285 g/mol. The fourth-order valence-electron chi connectivity index (χ4n) is 4.02. The molecule has 0 aromatic rings. The third-order valence-corrected chi connectivity index (χ3v) is 6.36. The van der Waals surface area contributed by atoms with E-state index in [4.69, 9.17) is 4.74 Å². The quantitative estimate of drug-likeness (QED) is 0.844. The number of rotatable bonds is 2. The number of thioether (sulfide) groups is 1. The molecule has 0 bridgehead atoms. The normalized spacial score (nSPS) is 41.5. The molecule has 1 N–H and O–H groups in total. The lowest BCUT2D eigenvalue weighted by Gasteiger charge is -2.44. The molecule has 0 radical (unpaired) electrons. The standard InChI is InChI=1S/C15H27NO2S/c17-11-14-4-2-1-3-7-16(14)13-5-8-18-15(10-13)6-9-19-12-15/h13-14,17H,1-12H2. The van der Waals surface area contributed by atoms with Crippen LogP contribution in [0.1, 0.15) is 44.9 Å². The van der Waals surface area contributed by atoms with Gasteiger partial charge in [0.2, 0.25) is 0 Å². The largest absolute Gasteiger partial charge is 0.395 e. The van der Waals surface area contributed by atoms with Crippen LogP contribution in [0.15, 0.2) is 0 Å². The average Bonchev–Trinajstić information content (AvgIpc) is 2.75. The van der Waals surface area contributed by atoms with Crippen LogP contribution in [0, 0.1) is 0 Å². The second kappa shape index (κ2) is 6.33. The van der Waals surface area contributed by atoms with Crippen LogP contribution < -0.4 is 0 Å². The molecule has 3 fully saturated rings. The Morgan fingerprint density at radius 3 is 3.00 bits per heavy atom. The Labute approximate surface area is 121 Å². The van der Waals surface area contributed by atoms with E-state index in [2.05, 4.69) is 4.90 Å². The molecule has 3 heterocycles. The average molecular weight is 285 g/mol. The van der Waals surface area contributed by atoms with Gasteiger partial charge in [-0.25, -0.2) is 0 Å². The van der Waals surface area contributed by atoms with Crippen molar-refractivity contribution < 1.29 is 9.84 Å². The third-order valence-electron chi connectivity index (χ3n) is 5.14. The molecule has 0 aromatic carbocycles. The van der Waals surface area contributed by atoms with Gasteiger partial charge in [0.25, 0.3) is 0 Å². The minimum atomic E-state index is 0.167. The molecule has 19 heavy (non-hydrogen) atoms. The van der Waals surface area contributed by atoms with Crippen molar-refractivity contribution in [2.24, 2.45) is 0 Å². The predicted octanol–water partition coefficient (Wildman–Crippen LogP) is 2.28. The highest BCUT2D eigenvalue weighted by molar-refractivity contribution is 7.99.